The molecular formula is C16H17ClN2O. The van der Waals surface area contributed by atoms with Crippen LogP contribution in [0.1, 0.15) is 21.5 Å². The molecule has 0 radical (unpaired) electrons. The number of carbonyl (C=O) groups excluding carboxylic acids is 1. The van der Waals surface area contributed by atoms with E-state index in [4.69, 9.17) is 17.3 Å². The van der Waals surface area contributed by atoms with Gasteiger partial charge in [-0.15, -0.1) is 0 Å². The molecule has 0 atom stereocenters. The first-order valence-corrected chi connectivity index (χ1v) is 6.88. The Morgan fingerprint density at radius 2 is 1.85 bits per heavy atom. The first kappa shape index (κ1) is 14.6. The van der Waals surface area contributed by atoms with Crippen molar-refractivity contribution in [1.29, 1.82) is 0 Å². The first-order valence-electron chi connectivity index (χ1n) is 6.50. The van der Waals surface area contributed by atoms with E-state index in [0.29, 0.717) is 18.7 Å². The topological polar surface area (TPSA) is 55.1 Å². The largest absolute Gasteiger partial charge is 0.352 e. The zero-order valence-electron chi connectivity index (χ0n) is 11.1. The van der Waals surface area contributed by atoms with Crippen LogP contribution >= 0.6 is 11.6 Å². The number of halogens is 1. The predicted octanol–water partition coefficient (Wildman–Crippen LogP) is 2.77. The molecule has 0 heterocycles. The third-order valence-corrected chi connectivity index (χ3v) is 3.29. The van der Waals surface area contributed by atoms with Gasteiger partial charge in [0.25, 0.3) is 5.91 Å². The summed E-state index contributed by atoms with van der Waals surface area (Å²) >= 11 is 5.82. The summed E-state index contributed by atoms with van der Waals surface area (Å²) in [5, 5.41) is 3.62. The fourth-order valence-electron chi connectivity index (χ4n) is 1.91. The van der Waals surface area contributed by atoms with Crippen molar-refractivity contribution < 1.29 is 4.79 Å². The summed E-state index contributed by atoms with van der Waals surface area (Å²) in [5.41, 5.74) is 8.31. The summed E-state index contributed by atoms with van der Waals surface area (Å²) in [5.74, 6) is -0.0748. The molecule has 20 heavy (non-hydrogen) atoms. The van der Waals surface area contributed by atoms with Crippen molar-refractivity contribution in [3.63, 3.8) is 0 Å². The number of benzene rings is 2. The Morgan fingerprint density at radius 3 is 2.55 bits per heavy atom. The molecule has 3 nitrogen and oxygen atoms in total. The van der Waals surface area contributed by atoms with Crippen LogP contribution in [0.25, 0.3) is 0 Å². The van der Waals surface area contributed by atoms with Crippen LogP contribution in [-0.4, -0.2) is 12.5 Å². The fraction of sp³-hybridized carbons (Fsp3) is 0.188. The Labute approximate surface area is 123 Å². The highest BCUT2D eigenvalue weighted by atomic mass is 35.5. The molecule has 1 amide bonds. The smallest absolute Gasteiger partial charge is 0.251 e. The van der Waals surface area contributed by atoms with Crippen LogP contribution in [-0.2, 0) is 13.0 Å². The van der Waals surface area contributed by atoms with E-state index in [1.807, 2.05) is 42.5 Å². The molecule has 0 saturated heterocycles. The van der Waals surface area contributed by atoms with Crippen molar-refractivity contribution in [1.82, 2.24) is 5.32 Å². The minimum atomic E-state index is -0.0748. The van der Waals surface area contributed by atoms with Gasteiger partial charge in [0.2, 0.25) is 0 Å². The van der Waals surface area contributed by atoms with Crippen LogP contribution in [0.5, 0.6) is 0 Å². The molecule has 0 unspecified atom stereocenters. The van der Waals surface area contributed by atoms with E-state index in [9.17, 15) is 4.79 Å². The number of carbonyl (C=O) groups is 1. The van der Waals surface area contributed by atoms with Gasteiger partial charge in [0.1, 0.15) is 0 Å². The van der Waals surface area contributed by atoms with Crippen molar-refractivity contribution in [2.24, 2.45) is 5.73 Å². The molecule has 104 valence electrons. The molecule has 0 aliphatic carbocycles. The molecule has 2 aromatic rings. The average molecular weight is 289 g/mol. The second-order valence-electron chi connectivity index (χ2n) is 4.54. The van der Waals surface area contributed by atoms with Gasteiger partial charge >= 0.3 is 0 Å². The lowest BCUT2D eigenvalue weighted by Gasteiger charge is -2.06. The van der Waals surface area contributed by atoms with E-state index in [1.54, 1.807) is 6.07 Å². The molecule has 0 fully saturated rings. The molecule has 2 aromatic carbocycles. The maximum absolute atomic E-state index is 12.0. The third kappa shape index (κ3) is 4.08. The normalized spacial score (nSPS) is 10.3. The van der Waals surface area contributed by atoms with Crippen LogP contribution in [0.2, 0.25) is 5.02 Å². The zero-order chi connectivity index (χ0) is 14.4. The van der Waals surface area contributed by atoms with Gasteiger partial charge in [0.05, 0.1) is 0 Å². The van der Waals surface area contributed by atoms with Gasteiger partial charge in [-0.25, -0.2) is 0 Å². The lowest BCUT2D eigenvalue weighted by Crippen LogP contribution is -2.25. The van der Waals surface area contributed by atoms with Crippen LogP contribution < -0.4 is 11.1 Å². The number of nitrogens with two attached hydrogens (primary N) is 1. The van der Waals surface area contributed by atoms with Crippen LogP contribution in [0.15, 0.2) is 48.5 Å². The van der Waals surface area contributed by atoms with E-state index < -0.39 is 0 Å². The lowest BCUT2D eigenvalue weighted by atomic mass is 10.1. The Morgan fingerprint density at radius 1 is 1.10 bits per heavy atom. The van der Waals surface area contributed by atoms with Crippen molar-refractivity contribution in [2.45, 2.75) is 13.0 Å². The fourth-order valence-corrected chi connectivity index (χ4v) is 2.04. The summed E-state index contributed by atoms with van der Waals surface area (Å²) in [7, 11) is 0. The van der Waals surface area contributed by atoms with E-state index in [1.165, 1.54) is 0 Å². The number of amides is 1. The SMILES string of the molecule is NCc1cccc(C(=O)NCCc2ccc(Cl)cc2)c1. The monoisotopic (exact) mass is 288 g/mol. The average Bonchev–Trinajstić information content (AvgIpc) is 2.49. The second kappa shape index (κ2) is 7.08. The molecule has 0 spiro atoms. The Balaban J connectivity index is 1.87. The van der Waals surface area contributed by atoms with Crippen molar-refractivity contribution in [2.75, 3.05) is 6.54 Å². The Hall–Kier alpha value is -1.84. The number of nitrogens with one attached hydrogen (secondary N) is 1. The highest BCUT2D eigenvalue weighted by molar-refractivity contribution is 6.30. The maximum atomic E-state index is 12.0. The Kier molecular flexibility index (Phi) is 5.16. The molecule has 3 N–H and O–H groups in total. The minimum absolute atomic E-state index is 0.0748. The van der Waals surface area contributed by atoms with Gasteiger partial charge in [0, 0.05) is 23.7 Å². The maximum Gasteiger partial charge on any atom is 0.251 e. The van der Waals surface area contributed by atoms with Gasteiger partial charge in [-0.2, -0.15) is 0 Å². The van der Waals surface area contributed by atoms with Gasteiger partial charge in [-0.3, -0.25) is 4.79 Å². The number of rotatable bonds is 5. The highest BCUT2D eigenvalue weighted by Gasteiger charge is 2.05. The zero-order valence-corrected chi connectivity index (χ0v) is 11.9. The third-order valence-electron chi connectivity index (χ3n) is 3.04. The second-order valence-corrected chi connectivity index (χ2v) is 4.97. The summed E-state index contributed by atoms with van der Waals surface area (Å²) in [6.07, 6.45) is 0.777. The molecule has 4 heteroatoms. The molecule has 0 saturated carbocycles. The van der Waals surface area contributed by atoms with E-state index in [-0.39, 0.29) is 5.91 Å². The Bertz CT molecular complexity index is 581. The summed E-state index contributed by atoms with van der Waals surface area (Å²) < 4.78 is 0. The van der Waals surface area contributed by atoms with Gasteiger partial charge < -0.3 is 11.1 Å². The molecule has 0 aliphatic heterocycles. The first-order chi connectivity index (χ1) is 9.69. The van der Waals surface area contributed by atoms with Crippen molar-refractivity contribution in [3.8, 4) is 0 Å². The number of hydrogen-bond acceptors (Lipinski definition) is 2. The molecular weight excluding hydrogens is 272 g/mol. The molecule has 2 rings (SSSR count). The molecule has 0 bridgehead atoms. The molecule has 0 aliphatic rings. The minimum Gasteiger partial charge on any atom is -0.352 e. The van der Waals surface area contributed by atoms with Crippen molar-refractivity contribution >= 4 is 17.5 Å². The summed E-state index contributed by atoms with van der Waals surface area (Å²) in [4.78, 5) is 12.0. The van der Waals surface area contributed by atoms with Gasteiger partial charge in [-0.1, -0.05) is 35.9 Å². The van der Waals surface area contributed by atoms with Gasteiger partial charge in [0.15, 0.2) is 0 Å². The quantitative estimate of drug-likeness (QED) is 0.889. The van der Waals surface area contributed by atoms with Crippen LogP contribution in [0.3, 0.4) is 0 Å². The van der Waals surface area contributed by atoms with E-state index >= 15 is 0 Å². The van der Waals surface area contributed by atoms with Crippen LogP contribution in [0, 0.1) is 0 Å². The number of hydrogen-bond donors (Lipinski definition) is 2. The predicted molar refractivity (Wildman–Crippen MR) is 81.8 cm³/mol. The van der Waals surface area contributed by atoms with Gasteiger partial charge in [-0.05, 0) is 41.8 Å². The molecule has 0 aromatic heterocycles. The lowest BCUT2D eigenvalue weighted by molar-refractivity contribution is 0.0954. The standard InChI is InChI=1S/C16H17ClN2O/c17-15-6-4-12(5-7-15)8-9-19-16(20)14-3-1-2-13(10-14)11-18/h1-7,10H,8-9,11,18H2,(H,19,20). The summed E-state index contributed by atoms with van der Waals surface area (Å²) in [6, 6.07) is 15.0. The van der Waals surface area contributed by atoms with Crippen LogP contribution in [0.4, 0.5) is 0 Å². The highest BCUT2D eigenvalue weighted by Crippen LogP contribution is 2.09. The summed E-state index contributed by atoms with van der Waals surface area (Å²) in [6.45, 7) is 1.03. The van der Waals surface area contributed by atoms with E-state index in [2.05, 4.69) is 5.32 Å². The van der Waals surface area contributed by atoms with E-state index in [0.717, 1.165) is 22.6 Å². The van der Waals surface area contributed by atoms with Crippen molar-refractivity contribution in [3.05, 3.63) is 70.2 Å².